The van der Waals surface area contributed by atoms with Crippen LogP contribution in [0.5, 0.6) is 0 Å². The van der Waals surface area contributed by atoms with Crippen molar-refractivity contribution in [3.05, 3.63) is 29.8 Å². The summed E-state index contributed by atoms with van der Waals surface area (Å²) in [5, 5.41) is 3.88. The van der Waals surface area contributed by atoms with Crippen LogP contribution in [-0.4, -0.2) is 18.1 Å². The maximum Gasteiger partial charge on any atom is 0.129 e. The van der Waals surface area contributed by atoms with Crippen molar-refractivity contribution in [1.29, 1.82) is 0 Å². The summed E-state index contributed by atoms with van der Waals surface area (Å²) in [6.07, 6.45) is 1.50. The highest BCUT2D eigenvalue weighted by Crippen LogP contribution is 2.25. The van der Waals surface area contributed by atoms with Gasteiger partial charge in [0.1, 0.15) is 5.78 Å². The van der Waals surface area contributed by atoms with Crippen LogP contribution in [0.25, 0.3) is 0 Å². The second-order valence-corrected chi connectivity index (χ2v) is 6.47. The molecule has 2 nitrogen and oxygen atoms in total. The number of hydrogen-bond acceptors (Lipinski definition) is 3. The molecule has 0 heterocycles. The van der Waals surface area contributed by atoms with Crippen molar-refractivity contribution in [1.82, 2.24) is 5.32 Å². The van der Waals surface area contributed by atoms with E-state index < -0.39 is 0 Å². The van der Waals surface area contributed by atoms with Crippen molar-refractivity contribution in [3.8, 4) is 0 Å². The number of carbonyl (C=O) groups excluding carboxylic acids is 1. The fourth-order valence-electron chi connectivity index (χ4n) is 1.88. The summed E-state index contributed by atoms with van der Waals surface area (Å²) in [6, 6.07) is 8.92. The molecule has 0 aromatic heterocycles. The van der Waals surface area contributed by atoms with Crippen LogP contribution in [-0.2, 0) is 4.79 Å². The molecule has 0 aliphatic carbocycles. The van der Waals surface area contributed by atoms with Gasteiger partial charge < -0.3 is 10.1 Å². The molecule has 1 aromatic carbocycles. The van der Waals surface area contributed by atoms with Crippen molar-refractivity contribution in [2.45, 2.75) is 49.8 Å². The third-order valence-electron chi connectivity index (χ3n) is 2.79. The zero-order valence-electron chi connectivity index (χ0n) is 11.7. The highest BCUT2D eigenvalue weighted by molar-refractivity contribution is 7.99. The lowest BCUT2D eigenvalue weighted by Crippen LogP contribution is -2.17. The summed E-state index contributed by atoms with van der Waals surface area (Å²) in [5.74, 6) is 0.252. The molecule has 0 fully saturated rings. The average Bonchev–Trinajstić information content (AvgIpc) is 2.31. The van der Waals surface area contributed by atoms with Crippen molar-refractivity contribution >= 4 is 17.5 Å². The monoisotopic (exact) mass is 265 g/mol. The molecule has 1 N–H and O–H groups in total. The molecule has 0 aliphatic rings. The van der Waals surface area contributed by atoms with Gasteiger partial charge in [0.05, 0.1) is 0 Å². The highest BCUT2D eigenvalue weighted by atomic mass is 32.2. The molecule has 1 rings (SSSR count). The van der Waals surface area contributed by atoms with Gasteiger partial charge in [-0.25, -0.2) is 0 Å². The number of thioether (sulfide) groups is 1. The molecule has 0 radical (unpaired) electrons. The van der Waals surface area contributed by atoms with Gasteiger partial charge in [-0.05, 0) is 38.1 Å². The number of rotatable bonds is 7. The van der Waals surface area contributed by atoms with E-state index in [-0.39, 0.29) is 11.8 Å². The van der Waals surface area contributed by atoms with Crippen LogP contribution >= 0.6 is 11.8 Å². The normalized spacial score (nSPS) is 12.7. The highest BCUT2D eigenvalue weighted by Gasteiger charge is 2.10. The van der Waals surface area contributed by atoms with Crippen LogP contribution < -0.4 is 5.32 Å². The summed E-state index contributed by atoms with van der Waals surface area (Å²) in [4.78, 5) is 12.3. The predicted octanol–water partition coefficient (Wildman–Crippen LogP) is 3.82. The molecule has 0 spiro atoms. The Balaban J connectivity index is 2.66. The Morgan fingerprint density at radius 3 is 2.33 bits per heavy atom. The van der Waals surface area contributed by atoms with Crippen molar-refractivity contribution in [2.75, 3.05) is 7.05 Å². The number of benzene rings is 1. The molecule has 1 unspecified atom stereocenters. The Morgan fingerprint density at radius 2 is 1.89 bits per heavy atom. The third kappa shape index (κ3) is 5.23. The Morgan fingerprint density at radius 1 is 1.28 bits per heavy atom. The number of carbonyl (C=O) groups is 1. The van der Waals surface area contributed by atoms with Crippen LogP contribution in [0.4, 0.5) is 0 Å². The Kier molecular flexibility index (Phi) is 6.44. The predicted molar refractivity (Wildman–Crippen MR) is 79.2 cm³/mol. The van der Waals surface area contributed by atoms with Crippen molar-refractivity contribution < 1.29 is 4.79 Å². The van der Waals surface area contributed by atoms with Gasteiger partial charge in [-0.15, -0.1) is 11.8 Å². The topological polar surface area (TPSA) is 29.1 Å². The van der Waals surface area contributed by atoms with Crippen LogP contribution in [0.2, 0.25) is 0 Å². The number of hydrogen-bond donors (Lipinski definition) is 1. The standard InChI is InChI=1S/C15H23NOS/c1-11(2)18-14-8-6-13(7-9-14)15(16-4)10-5-12(3)17/h6-9,11,15-16H,5,10H2,1-4H3. The Labute approximate surface area is 115 Å². The van der Waals surface area contributed by atoms with E-state index in [9.17, 15) is 4.79 Å². The first-order valence-electron chi connectivity index (χ1n) is 6.46. The Bertz CT molecular complexity index is 373. The molecule has 0 saturated heterocycles. The molecule has 1 aromatic rings. The molecular weight excluding hydrogens is 242 g/mol. The third-order valence-corrected chi connectivity index (χ3v) is 3.80. The smallest absolute Gasteiger partial charge is 0.129 e. The van der Waals surface area contributed by atoms with Gasteiger partial charge >= 0.3 is 0 Å². The maximum absolute atomic E-state index is 11.0. The minimum Gasteiger partial charge on any atom is -0.313 e. The van der Waals surface area contributed by atoms with Crippen LogP contribution in [0.1, 0.15) is 45.2 Å². The van der Waals surface area contributed by atoms with E-state index in [1.54, 1.807) is 6.92 Å². The van der Waals surface area contributed by atoms with E-state index in [1.165, 1.54) is 10.5 Å². The zero-order chi connectivity index (χ0) is 13.5. The van der Waals surface area contributed by atoms with Crippen molar-refractivity contribution in [2.24, 2.45) is 0 Å². The lowest BCUT2D eigenvalue weighted by atomic mass is 10.0. The second kappa shape index (κ2) is 7.59. The van der Waals surface area contributed by atoms with Gasteiger partial charge in [0.15, 0.2) is 0 Å². The fraction of sp³-hybridized carbons (Fsp3) is 0.533. The summed E-state index contributed by atoms with van der Waals surface area (Å²) in [5.41, 5.74) is 1.26. The Hall–Kier alpha value is -0.800. The second-order valence-electron chi connectivity index (χ2n) is 4.82. The first kappa shape index (κ1) is 15.3. The number of ketones is 1. The van der Waals surface area contributed by atoms with E-state index in [0.29, 0.717) is 11.7 Å². The largest absolute Gasteiger partial charge is 0.313 e. The summed E-state index contributed by atoms with van der Waals surface area (Å²) in [7, 11) is 1.95. The van der Waals surface area contributed by atoms with E-state index in [2.05, 4.69) is 43.4 Å². The van der Waals surface area contributed by atoms with Gasteiger partial charge in [-0.1, -0.05) is 26.0 Å². The minimum atomic E-state index is 0.252. The molecular formula is C15H23NOS. The lowest BCUT2D eigenvalue weighted by Gasteiger charge is -2.16. The lowest BCUT2D eigenvalue weighted by molar-refractivity contribution is -0.117. The number of nitrogens with one attached hydrogen (secondary N) is 1. The van der Waals surface area contributed by atoms with E-state index >= 15 is 0 Å². The fourth-order valence-corrected chi connectivity index (χ4v) is 2.71. The van der Waals surface area contributed by atoms with E-state index in [1.807, 2.05) is 18.8 Å². The van der Waals surface area contributed by atoms with Crippen molar-refractivity contribution in [3.63, 3.8) is 0 Å². The summed E-state index contributed by atoms with van der Waals surface area (Å²) < 4.78 is 0. The maximum atomic E-state index is 11.0. The van der Waals surface area contributed by atoms with E-state index in [4.69, 9.17) is 0 Å². The molecule has 0 amide bonds. The van der Waals surface area contributed by atoms with E-state index in [0.717, 1.165) is 6.42 Å². The average molecular weight is 265 g/mol. The molecule has 3 heteroatoms. The number of Topliss-reactive ketones (excluding diaryl/α,β-unsaturated/α-hetero) is 1. The molecule has 0 aliphatic heterocycles. The van der Waals surface area contributed by atoms with Crippen LogP contribution in [0, 0.1) is 0 Å². The summed E-state index contributed by atoms with van der Waals surface area (Å²) in [6.45, 7) is 6.04. The molecule has 18 heavy (non-hydrogen) atoms. The summed E-state index contributed by atoms with van der Waals surface area (Å²) >= 11 is 1.87. The molecule has 1 atom stereocenters. The van der Waals surface area contributed by atoms with Crippen LogP contribution in [0.15, 0.2) is 29.2 Å². The molecule has 100 valence electrons. The SMILES string of the molecule is CNC(CCC(C)=O)c1ccc(SC(C)C)cc1. The molecule has 0 saturated carbocycles. The molecule has 0 bridgehead atoms. The van der Waals surface area contributed by atoms with Gasteiger partial charge in [0, 0.05) is 22.6 Å². The zero-order valence-corrected chi connectivity index (χ0v) is 12.5. The van der Waals surface area contributed by atoms with Crippen LogP contribution in [0.3, 0.4) is 0 Å². The van der Waals surface area contributed by atoms with Gasteiger partial charge in [-0.2, -0.15) is 0 Å². The van der Waals surface area contributed by atoms with Gasteiger partial charge in [0.25, 0.3) is 0 Å². The quantitative estimate of drug-likeness (QED) is 0.760. The first-order valence-corrected chi connectivity index (χ1v) is 7.34. The first-order chi connectivity index (χ1) is 8.52. The minimum absolute atomic E-state index is 0.252. The van der Waals surface area contributed by atoms with Gasteiger partial charge in [0.2, 0.25) is 0 Å². The van der Waals surface area contributed by atoms with Gasteiger partial charge in [-0.3, -0.25) is 0 Å².